The van der Waals surface area contributed by atoms with Crippen molar-refractivity contribution < 1.29 is 4.39 Å². The summed E-state index contributed by atoms with van der Waals surface area (Å²) < 4.78 is 18.7. The maximum Gasteiger partial charge on any atom is 0.261 e. The number of piperidine rings is 1. The molecule has 2 fully saturated rings. The largest absolute Gasteiger partial charge is 0.312 e. The molecule has 6 nitrogen and oxygen atoms in total. The van der Waals surface area contributed by atoms with Crippen molar-refractivity contribution in [1.82, 2.24) is 24.5 Å². The van der Waals surface area contributed by atoms with Gasteiger partial charge < -0.3 is 9.88 Å². The van der Waals surface area contributed by atoms with Crippen LogP contribution in [0.25, 0.3) is 27.7 Å². The van der Waals surface area contributed by atoms with Crippen LogP contribution in [0.4, 0.5) is 4.39 Å². The molecular weight excluding hydrogens is 393 g/mol. The van der Waals surface area contributed by atoms with Gasteiger partial charge in [0.1, 0.15) is 5.82 Å². The van der Waals surface area contributed by atoms with Gasteiger partial charge in [-0.05, 0) is 81.3 Å². The molecule has 7 heteroatoms. The summed E-state index contributed by atoms with van der Waals surface area (Å²) in [4.78, 5) is 17.7. The van der Waals surface area contributed by atoms with Gasteiger partial charge in [-0.25, -0.2) is 13.9 Å². The molecule has 0 radical (unpaired) electrons. The maximum absolute atomic E-state index is 15.3. The smallest absolute Gasteiger partial charge is 0.261 e. The summed E-state index contributed by atoms with van der Waals surface area (Å²) in [5.41, 5.74) is 3.90. The van der Waals surface area contributed by atoms with E-state index in [-0.39, 0.29) is 22.5 Å². The molecule has 3 aromatic heterocycles. The summed E-state index contributed by atoms with van der Waals surface area (Å²) in [6.45, 7) is 4.79. The number of pyridine rings is 1. The molecule has 158 valence electrons. The lowest BCUT2D eigenvalue weighted by Gasteiger charge is -2.31. The first-order chi connectivity index (χ1) is 14.9. The van der Waals surface area contributed by atoms with Crippen molar-refractivity contribution in [3.8, 4) is 11.3 Å². The van der Waals surface area contributed by atoms with Gasteiger partial charge >= 0.3 is 0 Å². The van der Waals surface area contributed by atoms with Crippen LogP contribution in [0.15, 0.2) is 41.5 Å². The summed E-state index contributed by atoms with van der Waals surface area (Å²) in [5.74, 6) is -0.497. The van der Waals surface area contributed by atoms with E-state index in [0.717, 1.165) is 49.1 Å². The molecule has 1 aliphatic carbocycles. The average molecular weight is 417 g/mol. The molecule has 1 N–H and O–H groups in total. The van der Waals surface area contributed by atoms with Crippen molar-refractivity contribution in [2.45, 2.75) is 51.1 Å². The highest BCUT2D eigenvalue weighted by molar-refractivity contribution is 5.86. The van der Waals surface area contributed by atoms with E-state index >= 15 is 4.39 Å². The van der Waals surface area contributed by atoms with Crippen LogP contribution < -0.4 is 10.9 Å². The number of nitrogens with zero attached hydrogens (tertiary/aromatic N) is 4. The molecule has 2 aliphatic rings. The maximum atomic E-state index is 15.3. The third-order valence-corrected chi connectivity index (χ3v) is 6.86. The van der Waals surface area contributed by atoms with Crippen LogP contribution in [-0.2, 0) is 0 Å². The Labute approximate surface area is 178 Å². The highest BCUT2D eigenvalue weighted by atomic mass is 19.1. The van der Waals surface area contributed by atoms with Gasteiger partial charge in [0, 0.05) is 23.3 Å². The molecule has 1 saturated carbocycles. The molecular formula is C24H24FN5O. The summed E-state index contributed by atoms with van der Waals surface area (Å²) >= 11 is 0. The normalized spacial score (nSPS) is 20.0. The van der Waals surface area contributed by atoms with Crippen LogP contribution in [0.3, 0.4) is 0 Å². The first-order valence-electron chi connectivity index (χ1n) is 10.9. The SMILES string of the molecule is Cc1cn2nc(-c3cc(F)c4c(=O)n([C@@H]5CCNC6(CC6)C5)ccc4c3)cc(C)c2n1. The van der Waals surface area contributed by atoms with Crippen LogP contribution in [0.1, 0.15) is 43.0 Å². The molecule has 1 spiro atoms. The van der Waals surface area contributed by atoms with E-state index in [1.807, 2.05) is 44.4 Å². The van der Waals surface area contributed by atoms with E-state index in [2.05, 4.69) is 15.4 Å². The number of hydrogen-bond donors (Lipinski definition) is 1. The van der Waals surface area contributed by atoms with E-state index in [1.54, 1.807) is 9.08 Å². The lowest BCUT2D eigenvalue weighted by Crippen LogP contribution is -2.42. The lowest BCUT2D eigenvalue weighted by atomic mass is 9.96. The Kier molecular flexibility index (Phi) is 3.90. The van der Waals surface area contributed by atoms with E-state index in [0.29, 0.717) is 16.6 Å². The minimum atomic E-state index is -0.497. The molecule has 1 saturated heterocycles. The molecule has 0 amide bonds. The minimum Gasteiger partial charge on any atom is -0.312 e. The number of imidazole rings is 1. The quantitative estimate of drug-likeness (QED) is 0.537. The summed E-state index contributed by atoms with van der Waals surface area (Å²) in [5, 5.41) is 8.95. The van der Waals surface area contributed by atoms with Gasteiger partial charge in [0.05, 0.1) is 23.0 Å². The van der Waals surface area contributed by atoms with Gasteiger partial charge in [-0.2, -0.15) is 5.10 Å². The van der Waals surface area contributed by atoms with Crippen molar-refractivity contribution in [3.63, 3.8) is 0 Å². The second-order valence-corrected chi connectivity index (χ2v) is 9.17. The molecule has 0 bridgehead atoms. The van der Waals surface area contributed by atoms with Crippen LogP contribution in [0.5, 0.6) is 0 Å². The number of halogens is 1. The minimum absolute atomic E-state index is 0.121. The van der Waals surface area contributed by atoms with Crippen LogP contribution in [-0.4, -0.2) is 31.2 Å². The molecule has 0 unspecified atom stereocenters. The van der Waals surface area contributed by atoms with Gasteiger partial charge in [-0.15, -0.1) is 0 Å². The summed E-state index contributed by atoms with van der Waals surface area (Å²) in [6, 6.07) is 7.17. The van der Waals surface area contributed by atoms with Crippen molar-refractivity contribution in [3.05, 3.63) is 64.1 Å². The lowest BCUT2D eigenvalue weighted by molar-refractivity contribution is 0.282. The zero-order valence-electron chi connectivity index (χ0n) is 17.7. The van der Waals surface area contributed by atoms with Crippen molar-refractivity contribution in [2.24, 2.45) is 0 Å². The Balaban J connectivity index is 1.45. The van der Waals surface area contributed by atoms with E-state index < -0.39 is 5.82 Å². The van der Waals surface area contributed by atoms with E-state index in [9.17, 15) is 4.79 Å². The molecule has 1 aliphatic heterocycles. The molecule has 4 aromatic rings. The van der Waals surface area contributed by atoms with Crippen molar-refractivity contribution in [2.75, 3.05) is 6.54 Å². The second kappa shape index (κ2) is 6.47. The van der Waals surface area contributed by atoms with Gasteiger partial charge in [-0.3, -0.25) is 4.79 Å². The second-order valence-electron chi connectivity index (χ2n) is 9.17. The van der Waals surface area contributed by atoms with Crippen molar-refractivity contribution in [1.29, 1.82) is 0 Å². The first-order valence-corrected chi connectivity index (χ1v) is 10.9. The van der Waals surface area contributed by atoms with Crippen LogP contribution in [0, 0.1) is 19.7 Å². The predicted octanol–water partition coefficient (Wildman–Crippen LogP) is 3.92. The number of hydrogen-bond acceptors (Lipinski definition) is 4. The number of aryl methyl sites for hydroxylation is 2. The predicted molar refractivity (Wildman–Crippen MR) is 118 cm³/mol. The van der Waals surface area contributed by atoms with Gasteiger partial charge in [0.15, 0.2) is 5.65 Å². The topological polar surface area (TPSA) is 64.2 Å². The molecule has 1 aromatic carbocycles. The number of aromatic nitrogens is 4. The van der Waals surface area contributed by atoms with Gasteiger partial charge in [0.2, 0.25) is 0 Å². The first kappa shape index (κ1) is 18.7. The van der Waals surface area contributed by atoms with E-state index in [4.69, 9.17) is 0 Å². The number of rotatable bonds is 2. The standard InChI is InChI=1S/C24H24FN5O/c1-14-9-20(28-30-13-15(2)27-22(14)30)17-10-16-4-8-29(23(31)21(16)19(25)11-17)18-3-7-26-24(12-18)5-6-24/h4,8-11,13,18,26H,3,5-7,12H2,1-2H3/t18-/m1/s1. The highest BCUT2D eigenvalue weighted by Crippen LogP contribution is 2.45. The molecule has 4 heterocycles. The van der Waals surface area contributed by atoms with Gasteiger partial charge in [-0.1, -0.05) is 0 Å². The highest BCUT2D eigenvalue weighted by Gasteiger charge is 2.46. The Morgan fingerprint density at radius 1 is 1.23 bits per heavy atom. The summed E-state index contributed by atoms with van der Waals surface area (Å²) in [6.07, 6.45) is 7.84. The van der Waals surface area contributed by atoms with E-state index in [1.165, 1.54) is 6.07 Å². The fourth-order valence-electron chi connectivity index (χ4n) is 5.06. The Hall–Kier alpha value is -3.06. The molecule has 31 heavy (non-hydrogen) atoms. The third-order valence-electron chi connectivity index (χ3n) is 6.86. The Morgan fingerprint density at radius 2 is 2.06 bits per heavy atom. The molecule has 6 rings (SSSR count). The fourth-order valence-corrected chi connectivity index (χ4v) is 5.06. The molecule has 1 atom stereocenters. The van der Waals surface area contributed by atoms with Gasteiger partial charge in [0.25, 0.3) is 5.56 Å². The fraction of sp³-hybridized carbons (Fsp3) is 0.375. The van der Waals surface area contributed by atoms with Crippen LogP contribution in [0.2, 0.25) is 0 Å². The summed E-state index contributed by atoms with van der Waals surface area (Å²) in [7, 11) is 0. The van der Waals surface area contributed by atoms with Crippen molar-refractivity contribution >= 4 is 16.4 Å². The average Bonchev–Trinajstić information content (AvgIpc) is 3.35. The third kappa shape index (κ3) is 2.98. The number of fused-ring (bicyclic) bond motifs is 2. The monoisotopic (exact) mass is 417 g/mol. The zero-order valence-corrected chi connectivity index (χ0v) is 17.7. The Morgan fingerprint density at radius 3 is 2.87 bits per heavy atom. The number of benzene rings is 1. The zero-order chi connectivity index (χ0) is 21.3. The van der Waals surface area contributed by atoms with Crippen LogP contribution >= 0.6 is 0 Å². The Bertz CT molecular complexity index is 1420. The number of nitrogens with one attached hydrogen (secondary N) is 1.